The van der Waals surface area contributed by atoms with Gasteiger partial charge in [-0.1, -0.05) is 36.9 Å². The molecule has 0 atom stereocenters. The van der Waals surface area contributed by atoms with Gasteiger partial charge in [-0.25, -0.2) is 9.59 Å². The van der Waals surface area contributed by atoms with Crippen molar-refractivity contribution in [1.29, 1.82) is 0 Å². The molecule has 0 aliphatic heterocycles. The van der Waals surface area contributed by atoms with Crippen LogP contribution in [0.15, 0.2) is 70.1 Å². The van der Waals surface area contributed by atoms with Gasteiger partial charge in [0.05, 0.1) is 16.7 Å². The van der Waals surface area contributed by atoms with Crippen LogP contribution in [0.2, 0.25) is 0 Å². The van der Waals surface area contributed by atoms with E-state index >= 15 is 0 Å². The summed E-state index contributed by atoms with van der Waals surface area (Å²) in [5, 5.41) is 20.9. The Hall–Kier alpha value is -3.10. The summed E-state index contributed by atoms with van der Waals surface area (Å²) in [6.07, 6.45) is 1.17. The molecule has 0 unspecified atom stereocenters. The summed E-state index contributed by atoms with van der Waals surface area (Å²) < 4.78 is 11.5. The first-order valence-corrected chi connectivity index (χ1v) is 10.1. The third kappa shape index (κ3) is 4.39. The van der Waals surface area contributed by atoms with E-state index in [0.717, 1.165) is 6.07 Å². The minimum Gasteiger partial charge on any atom is -0.504 e. The Labute approximate surface area is 188 Å². The maximum Gasteiger partial charge on any atom is 0.344 e. The molecule has 3 rings (SSSR count). The molecule has 0 bridgehead atoms. The van der Waals surface area contributed by atoms with Gasteiger partial charge in [0, 0.05) is 15.0 Å². The molecule has 0 saturated heterocycles. The lowest BCUT2D eigenvalue weighted by molar-refractivity contribution is 0.0710. The second-order valence-electron chi connectivity index (χ2n) is 5.93. The molecule has 0 fully saturated rings. The summed E-state index contributed by atoms with van der Waals surface area (Å²) in [6, 6.07) is 14.1. The summed E-state index contributed by atoms with van der Waals surface area (Å²) in [7, 11) is 0. The highest BCUT2D eigenvalue weighted by molar-refractivity contribution is 9.10. The predicted octanol–water partition coefficient (Wildman–Crippen LogP) is 5.70. The summed E-state index contributed by atoms with van der Waals surface area (Å²) in [4.78, 5) is 24.9. The van der Waals surface area contributed by atoms with Crippen molar-refractivity contribution < 1.29 is 29.3 Å². The number of carbonyl (C=O) groups excluding carboxylic acids is 2. The quantitative estimate of drug-likeness (QED) is 0.248. The normalized spacial score (nSPS) is 10.3. The Bertz CT molecular complexity index is 1160. The van der Waals surface area contributed by atoms with Crippen molar-refractivity contribution in [3.63, 3.8) is 0 Å². The molecule has 0 aliphatic carbocycles. The molecule has 0 aliphatic rings. The Morgan fingerprint density at radius 2 is 1.37 bits per heavy atom. The van der Waals surface area contributed by atoms with E-state index in [-0.39, 0.29) is 28.2 Å². The average molecular weight is 534 g/mol. The van der Waals surface area contributed by atoms with Crippen molar-refractivity contribution in [1.82, 2.24) is 0 Å². The fourth-order valence-electron chi connectivity index (χ4n) is 2.57. The number of halogens is 2. The van der Waals surface area contributed by atoms with Gasteiger partial charge in [0.25, 0.3) is 0 Å². The van der Waals surface area contributed by atoms with Crippen LogP contribution in [0.5, 0.6) is 23.0 Å². The molecule has 6 nitrogen and oxygen atoms in total. The highest BCUT2D eigenvalue weighted by Gasteiger charge is 2.24. The third-order valence-corrected chi connectivity index (χ3v) is 5.41. The smallest absolute Gasteiger partial charge is 0.344 e. The van der Waals surface area contributed by atoms with E-state index in [2.05, 4.69) is 38.4 Å². The molecule has 0 amide bonds. The van der Waals surface area contributed by atoms with Gasteiger partial charge in [-0.3, -0.25) is 0 Å². The fourth-order valence-corrected chi connectivity index (χ4v) is 3.46. The van der Waals surface area contributed by atoms with Gasteiger partial charge >= 0.3 is 11.9 Å². The van der Waals surface area contributed by atoms with Crippen molar-refractivity contribution in [2.24, 2.45) is 0 Å². The molecule has 0 spiro atoms. The van der Waals surface area contributed by atoms with Crippen molar-refractivity contribution in [2.45, 2.75) is 0 Å². The van der Waals surface area contributed by atoms with E-state index in [1.807, 2.05) is 0 Å². The number of ether oxygens (including phenoxy) is 2. The summed E-state index contributed by atoms with van der Waals surface area (Å²) in [5.41, 5.74) is 0.335. The number of hydrogen-bond acceptors (Lipinski definition) is 6. The van der Waals surface area contributed by atoms with E-state index in [4.69, 9.17) is 9.47 Å². The maximum absolute atomic E-state index is 12.5. The minimum absolute atomic E-state index is 0.106. The molecule has 8 heteroatoms. The van der Waals surface area contributed by atoms with Crippen molar-refractivity contribution in [3.05, 3.63) is 86.8 Å². The van der Waals surface area contributed by atoms with E-state index in [1.54, 1.807) is 36.4 Å². The number of rotatable bonds is 5. The van der Waals surface area contributed by atoms with Crippen LogP contribution in [0, 0.1) is 0 Å². The molecule has 0 aromatic heterocycles. The number of carbonyl (C=O) groups is 2. The topological polar surface area (TPSA) is 93.1 Å². The second-order valence-corrected chi connectivity index (χ2v) is 7.64. The van der Waals surface area contributed by atoms with E-state index in [9.17, 15) is 19.8 Å². The molecular weight excluding hydrogens is 520 g/mol. The number of esters is 2. The van der Waals surface area contributed by atoms with Crippen LogP contribution < -0.4 is 9.47 Å². The molecule has 152 valence electrons. The Kier molecular flexibility index (Phi) is 6.59. The first-order chi connectivity index (χ1) is 14.3. The van der Waals surface area contributed by atoms with Crippen LogP contribution in [0.25, 0.3) is 6.08 Å². The first-order valence-electron chi connectivity index (χ1n) is 8.48. The van der Waals surface area contributed by atoms with E-state index < -0.39 is 23.4 Å². The molecule has 3 aromatic rings. The highest BCUT2D eigenvalue weighted by Crippen LogP contribution is 2.44. The first kappa shape index (κ1) is 21.6. The molecular formula is C22H14Br2O6. The van der Waals surface area contributed by atoms with Crippen molar-refractivity contribution in [2.75, 3.05) is 0 Å². The zero-order valence-electron chi connectivity index (χ0n) is 15.3. The zero-order valence-corrected chi connectivity index (χ0v) is 18.4. The molecule has 0 heterocycles. The van der Waals surface area contributed by atoms with Gasteiger partial charge in [0.2, 0.25) is 0 Å². The summed E-state index contributed by atoms with van der Waals surface area (Å²) in [6.45, 7) is 3.56. The molecule has 0 saturated carbocycles. The lowest BCUT2D eigenvalue weighted by Gasteiger charge is -2.15. The molecule has 30 heavy (non-hydrogen) atoms. The lowest BCUT2D eigenvalue weighted by Crippen LogP contribution is -2.12. The minimum atomic E-state index is -0.766. The number of phenolic OH excluding ortho intramolecular Hbond substituents is 2. The molecule has 0 radical (unpaired) electrons. The maximum atomic E-state index is 12.5. The number of phenols is 2. The molecule has 2 N–H and O–H groups in total. The summed E-state index contributed by atoms with van der Waals surface area (Å²) in [5.74, 6) is -3.19. The van der Waals surface area contributed by atoms with Gasteiger partial charge in [0.15, 0.2) is 23.0 Å². The molecule has 3 aromatic carbocycles. The van der Waals surface area contributed by atoms with Crippen LogP contribution >= 0.6 is 31.9 Å². The van der Waals surface area contributed by atoms with Gasteiger partial charge in [0.1, 0.15) is 0 Å². The van der Waals surface area contributed by atoms with Crippen LogP contribution in [0.4, 0.5) is 0 Å². The van der Waals surface area contributed by atoms with Crippen LogP contribution in [-0.2, 0) is 0 Å². The average Bonchev–Trinajstić information content (AvgIpc) is 2.72. The Morgan fingerprint density at radius 1 is 0.867 bits per heavy atom. The number of hydrogen-bond donors (Lipinski definition) is 2. The van der Waals surface area contributed by atoms with Gasteiger partial charge in [-0.15, -0.1) is 0 Å². The van der Waals surface area contributed by atoms with E-state index in [1.165, 1.54) is 18.2 Å². The number of benzene rings is 3. The van der Waals surface area contributed by atoms with Gasteiger partial charge < -0.3 is 19.7 Å². The van der Waals surface area contributed by atoms with Crippen LogP contribution in [0.1, 0.15) is 26.3 Å². The van der Waals surface area contributed by atoms with E-state index in [0.29, 0.717) is 8.95 Å². The second kappa shape index (κ2) is 9.15. The number of aromatic hydroxyl groups is 2. The lowest BCUT2D eigenvalue weighted by atomic mass is 10.1. The van der Waals surface area contributed by atoms with Crippen molar-refractivity contribution in [3.8, 4) is 23.0 Å². The zero-order chi connectivity index (χ0) is 21.8. The van der Waals surface area contributed by atoms with Crippen molar-refractivity contribution >= 4 is 49.9 Å². The highest BCUT2D eigenvalue weighted by atomic mass is 79.9. The van der Waals surface area contributed by atoms with Gasteiger partial charge in [-0.05, 0) is 56.1 Å². The van der Waals surface area contributed by atoms with Crippen LogP contribution in [-0.4, -0.2) is 22.2 Å². The fraction of sp³-hybridized carbons (Fsp3) is 0. The summed E-state index contributed by atoms with van der Waals surface area (Å²) >= 11 is 6.50. The SMILES string of the molecule is C=Cc1c(O)c(OC(=O)c2ccccc2Br)cc(O)c1OC(=O)c1ccccc1Br. The predicted molar refractivity (Wildman–Crippen MR) is 118 cm³/mol. The van der Waals surface area contributed by atoms with Crippen LogP contribution in [0.3, 0.4) is 0 Å². The third-order valence-electron chi connectivity index (χ3n) is 4.02. The largest absolute Gasteiger partial charge is 0.504 e. The standard InChI is InChI=1S/C22H14Br2O6/c1-2-12-19(26)18(29-21(27)13-7-3-5-9-15(13)23)11-17(25)20(12)30-22(28)14-8-4-6-10-16(14)24/h2-11,25-26H,1H2. The Balaban J connectivity index is 1.94. The monoisotopic (exact) mass is 532 g/mol. The van der Waals surface area contributed by atoms with Gasteiger partial charge in [-0.2, -0.15) is 0 Å². The Morgan fingerprint density at radius 3 is 1.87 bits per heavy atom.